The van der Waals surface area contributed by atoms with Crippen LogP contribution in [0, 0.1) is 0 Å². The molecule has 0 saturated heterocycles. The molecule has 7 heteroatoms. The van der Waals surface area contributed by atoms with E-state index in [0.717, 1.165) is 6.20 Å². The first kappa shape index (κ1) is 11.2. The van der Waals surface area contributed by atoms with Gasteiger partial charge in [-0.2, -0.15) is 0 Å². The molecule has 0 aliphatic heterocycles. The summed E-state index contributed by atoms with van der Waals surface area (Å²) < 4.78 is 24.8. The fraction of sp³-hybridized carbons (Fsp3) is 0.250. The summed E-state index contributed by atoms with van der Waals surface area (Å²) in [7, 11) is 0. The highest BCUT2D eigenvalue weighted by Crippen LogP contribution is 2.20. The number of halogens is 2. The highest BCUT2D eigenvalue weighted by atomic mass is 19.3. The molecular formula is C8H7F2NO4. The van der Waals surface area contributed by atoms with Crippen LogP contribution in [-0.4, -0.2) is 21.2 Å². The van der Waals surface area contributed by atoms with Crippen molar-refractivity contribution in [1.29, 1.82) is 0 Å². The fourth-order valence-corrected chi connectivity index (χ4v) is 1.10. The third kappa shape index (κ3) is 2.30. The molecule has 1 aromatic heterocycles. The third-order valence-corrected chi connectivity index (χ3v) is 1.73. The van der Waals surface area contributed by atoms with Crippen molar-refractivity contribution in [1.82, 2.24) is 4.98 Å². The normalized spacial score (nSPS) is 10.6. The fourth-order valence-electron chi connectivity index (χ4n) is 1.10. The number of rotatable bonds is 3. The van der Waals surface area contributed by atoms with E-state index in [1.807, 2.05) is 0 Å². The molecule has 15 heavy (non-hydrogen) atoms. The van der Waals surface area contributed by atoms with Crippen molar-refractivity contribution in [2.45, 2.75) is 12.8 Å². The predicted molar refractivity (Wildman–Crippen MR) is 45.0 cm³/mol. The van der Waals surface area contributed by atoms with Crippen molar-refractivity contribution in [2.75, 3.05) is 0 Å². The van der Waals surface area contributed by atoms with Crippen LogP contribution in [0.3, 0.4) is 0 Å². The van der Waals surface area contributed by atoms with Crippen LogP contribution >= 0.6 is 0 Å². The molecule has 0 aliphatic rings. The van der Waals surface area contributed by atoms with Crippen molar-refractivity contribution in [3.05, 3.63) is 27.7 Å². The number of aromatic nitrogens is 1. The van der Waals surface area contributed by atoms with E-state index >= 15 is 0 Å². The number of carboxylic acids is 1. The van der Waals surface area contributed by atoms with Gasteiger partial charge in [-0.3, -0.25) is 9.59 Å². The zero-order valence-corrected chi connectivity index (χ0v) is 7.33. The molecule has 0 saturated carbocycles. The molecule has 0 radical (unpaired) electrons. The summed E-state index contributed by atoms with van der Waals surface area (Å²) in [4.78, 5) is 23.5. The number of aliphatic carboxylic acids is 1. The van der Waals surface area contributed by atoms with Gasteiger partial charge in [0.2, 0.25) is 5.43 Å². The predicted octanol–water partition coefficient (Wildman–Crippen LogP) is 0.645. The molecule has 0 unspecified atom stereocenters. The van der Waals surface area contributed by atoms with Crippen molar-refractivity contribution in [3.63, 3.8) is 0 Å². The molecule has 0 aromatic carbocycles. The van der Waals surface area contributed by atoms with Gasteiger partial charge in [-0.25, -0.2) is 8.78 Å². The van der Waals surface area contributed by atoms with Crippen LogP contribution in [0.1, 0.15) is 17.7 Å². The van der Waals surface area contributed by atoms with E-state index in [-0.39, 0.29) is 0 Å². The van der Waals surface area contributed by atoms with Gasteiger partial charge < -0.3 is 15.2 Å². The van der Waals surface area contributed by atoms with Crippen molar-refractivity contribution in [2.24, 2.45) is 0 Å². The smallest absolute Gasteiger partial charge is 0.309 e. The summed E-state index contributed by atoms with van der Waals surface area (Å²) >= 11 is 0. The van der Waals surface area contributed by atoms with Crippen LogP contribution in [0.15, 0.2) is 11.0 Å². The summed E-state index contributed by atoms with van der Waals surface area (Å²) in [6, 6.07) is 0. The molecule has 0 amide bonds. The van der Waals surface area contributed by atoms with Gasteiger partial charge in [-0.05, 0) is 0 Å². The average molecular weight is 219 g/mol. The lowest BCUT2D eigenvalue weighted by molar-refractivity contribution is -0.136. The molecule has 0 atom stereocenters. The summed E-state index contributed by atoms with van der Waals surface area (Å²) in [5.74, 6) is -2.21. The lowest BCUT2D eigenvalue weighted by atomic mass is 10.1. The van der Waals surface area contributed by atoms with E-state index < -0.39 is 41.3 Å². The minimum absolute atomic E-state index is 0.402. The molecule has 0 fully saturated rings. The summed E-state index contributed by atoms with van der Waals surface area (Å²) in [6.07, 6.45) is -3.07. The summed E-state index contributed by atoms with van der Waals surface area (Å²) in [5, 5.41) is 17.3. The molecule has 3 N–H and O–H groups in total. The van der Waals surface area contributed by atoms with Gasteiger partial charge in [-0.1, -0.05) is 0 Å². The van der Waals surface area contributed by atoms with E-state index in [4.69, 9.17) is 10.2 Å². The van der Waals surface area contributed by atoms with Gasteiger partial charge in [0.25, 0.3) is 6.43 Å². The van der Waals surface area contributed by atoms with Gasteiger partial charge in [0.1, 0.15) is 0 Å². The average Bonchev–Trinajstić information content (AvgIpc) is 2.10. The number of nitrogens with one attached hydrogen (secondary N) is 1. The zero-order valence-electron chi connectivity index (χ0n) is 7.33. The van der Waals surface area contributed by atoms with Crippen molar-refractivity contribution >= 4 is 5.97 Å². The molecule has 0 spiro atoms. The molecular weight excluding hydrogens is 212 g/mol. The van der Waals surface area contributed by atoms with Gasteiger partial charge in [0.15, 0.2) is 5.75 Å². The highest BCUT2D eigenvalue weighted by Gasteiger charge is 2.21. The maximum absolute atomic E-state index is 12.4. The van der Waals surface area contributed by atoms with Gasteiger partial charge in [0.05, 0.1) is 12.0 Å². The van der Waals surface area contributed by atoms with Gasteiger partial charge in [-0.15, -0.1) is 0 Å². The largest absolute Gasteiger partial charge is 0.503 e. The Morgan fingerprint density at radius 1 is 1.53 bits per heavy atom. The standard InChI is InChI=1S/C8H7F2NO4/c9-8(10)6-3(1-5(13)14)11-2-4(12)7(6)15/h2,8,12H,1H2,(H,11,15)(H,13,14). The second kappa shape index (κ2) is 4.07. The Labute approximate surface area is 82.0 Å². The van der Waals surface area contributed by atoms with Crippen LogP contribution in [0.5, 0.6) is 5.75 Å². The van der Waals surface area contributed by atoms with E-state index in [1.165, 1.54) is 0 Å². The first-order valence-electron chi connectivity index (χ1n) is 3.87. The molecule has 0 aliphatic carbocycles. The maximum atomic E-state index is 12.4. The first-order chi connectivity index (χ1) is 6.93. The monoisotopic (exact) mass is 219 g/mol. The minimum atomic E-state index is -3.13. The Morgan fingerprint density at radius 3 is 2.60 bits per heavy atom. The Bertz CT molecular complexity index is 441. The molecule has 1 heterocycles. The highest BCUT2D eigenvalue weighted by molar-refractivity contribution is 5.70. The SMILES string of the molecule is O=C(O)Cc1[nH]cc(O)c(=O)c1C(F)F. The molecule has 1 rings (SSSR count). The molecule has 1 aromatic rings. The number of carboxylic acid groups (broad SMARTS) is 1. The first-order valence-corrected chi connectivity index (χ1v) is 3.87. The Balaban J connectivity index is 3.33. The Hall–Kier alpha value is -1.92. The van der Waals surface area contributed by atoms with Crippen molar-refractivity contribution < 1.29 is 23.8 Å². The number of pyridine rings is 1. The minimum Gasteiger partial charge on any atom is -0.503 e. The van der Waals surface area contributed by atoms with E-state index in [0.29, 0.717) is 0 Å². The molecule has 0 bridgehead atoms. The second-order valence-corrected chi connectivity index (χ2v) is 2.77. The van der Waals surface area contributed by atoms with Gasteiger partial charge >= 0.3 is 5.97 Å². The number of aromatic hydroxyl groups is 1. The number of aromatic amines is 1. The molecule has 82 valence electrons. The number of hydrogen-bond acceptors (Lipinski definition) is 3. The van der Waals surface area contributed by atoms with Crippen LogP contribution < -0.4 is 5.43 Å². The molecule has 5 nitrogen and oxygen atoms in total. The number of carbonyl (C=O) groups is 1. The van der Waals surface area contributed by atoms with Crippen molar-refractivity contribution in [3.8, 4) is 5.75 Å². The summed E-state index contributed by atoms with van der Waals surface area (Å²) in [6.45, 7) is 0. The number of alkyl halides is 2. The van der Waals surface area contributed by atoms with Crippen LogP contribution in [-0.2, 0) is 11.2 Å². The lowest BCUT2D eigenvalue weighted by Gasteiger charge is -2.06. The number of hydrogen-bond donors (Lipinski definition) is 3. The Kier molecular flexibility index (Phi) is 3.03. The van der Waals surface area contributed by atoms with E-state index in [2.05, 4.69) is 4.98 Å². The van der Waals surface area contributed by atoms with Crippen LogP contribution in [0.2, 0.25) is 0 Å². The van der Waals surface area contributed by atoms with Crippen LogP contribution in [0.4, 0.5) is 8.78 Å². The van der Waals surface area contributed by atoms with E-state index in [9.17, 15) is 18.4 Å². The Morgan fingerprint density at radius 2 is 2.13 bits per heavy atom. The summed E-state index contributed by atoms with van der Waals surface area (Å²) in [5.41, 5.74) is -2.65. The topological polar surface area (TPSA) is 90.4 Å². The second-order valence-electron chi connectivity index (χ2n) is 2.77. The quantitative estimate of drug-likeness (QED) is 0.695. The lowest BCUT2D eigenvalue weighted by Crippen LogP contribution is -2.16. The number of H-pyrrole nitrogens is 1. The van der Waals surface area contributed by atoms with E-state index in [1.54, 1.807) is 0 Å². The maximum Gasteiger partial charge on any atom is 0.309 e. The third-order valence-electron chi connectivity index (χ3n) is 1.73. The van der Waals surface area contributed by atoms with Crippen LogP contribution in [0.25, 0.3) is 0 Å². The zero-order chi connectivity index (χ0) is 11.6. The van der Waals surface area contributed by atoms with Gasteiger partial charge in [0, 0.05) is 11.9 Å².